The van der Waals surface area contributed by atoms with E-state index in [4.69, 9.17) is 0 Å². The Morgan fingerprint density at radius 3 is 2.53 bits per heavy atom. The number of carbonyl (C=O) groups is 2. The first-order chi connectivity index (χ1) is 16.3. The number of nitrogens with zero attached hydrogens (tertiary/aromatic N) is 1. The van der Waals surface area contributed by atoms with Gasteiger partial charge in [0.15, 0.2) is 5.69 Å². The van der Waals surface area contributed by atoms with Crippen molar-refractivity contribution >= 4 is 22.8 Å². The van der Waals surface area contributed by atoms with E-state index in [1.165, 1.54) is 6.42 Å². The lowest BCUT2D eigenvalue weighted by atomic mass is 9.81. The summed E-state index contributed by atoms with van der Waals surface area (Å²) in [7, 11) is 1.60. The van der Waals surface area contributed by atoms with Crippen LogP contribution in [0.25, 0.3) is 11.0 Å². The second-order valence-electron chi connectivity index (χ2n) is 10.00. The second-order valence-corrected chi connectivity index (χ2v) is 10.00. The van der Waals surface area contributed by atoms with Crippen LogP contribution in [0.15, 0.2) is 29.1 Å². The van der Waals surface area contributed by atoms with Crippen molar-refractivity contribution in [2.45, 2.75) is 77.4 Å². The molecule has 1 aliphatic carbocycles. The van der Waals surface area contributed by atoms with Crippen LogP contribution in [0.4, 0.5) is 0 Å². The quantitative estimate of drug-likeness (QED) is 0.425. The van der Waals surface area contributed by atoms with Crippen molar-refractivity contribution in [2.24, 2.45) is 17.8 Å². The topological polar surface area (TPSA) is 124 Å². The fraction of sp³-hybridized carbons (Fsp3) is 0.615. The number of amides is 2. The van der Waals surface area contributed by atoms with E-state index < -0.39 is 23.6 Å². The van der Waals surface area contributed by atoms with E-state index in [2.05, 4.69) is 20.6 Å². The van der Waals surface area contributed by atoms with Gasteiger partial charge in [-0.2, -0.15) is 0 Å². The lowest BCUT2D eigenvalue weighted by Crippen LogP contribution is -2.47. The first-order valence-corrected chi connectivity index (χ1v) is 12.5. The molecule has 1 aliphatic rings. The lowest BCUT2D eigenvalue weighted by molar-refractivity contribution is -0.126. The van der Waals surface area contributed by atoms with E-state index in [1.54, 1.807) is 31.3 Å². The van der Waals surface area contributed by atoms with Crippen molar-refractivity contribution in [1.82, 2.24) is 20.6 Å². The summed E-state index contributed by atoms with van der Waals surface area (Å²) in [5.41, 5.74) is 0.299. The van der Waals surface area contributed by atoms with Crippen molar-refractivity contribution < 1.29 is 14.7 Å². The van der Waals surface area contributed by atoms with Crippen LogP contribution in [0, 0.1) is 17.8 Å². The summed E-state index contributed by atoms with van der Waals surface area (Å²) < 4.78 is 0. The molecule has 3 atom stereocenters. The minimum atomic E-state index is -0.911. The highest BCUT2D eigenvalue weighted by atomic mass is 16.3. The second kappa shape index (κ2) is 12.1. The molecule has 34 heavy (non-hydrogen) atoms. The minimum absolute atomic E-state index is 0.108. The van der Waals surface area contributed by atoms with E-state index in [0.717, 1.165) is 25.7 Å². The number of aromatic nitrogens is 2. The third kappa shape index (κ3) is 6.88. The van der Waals surface area contributed by atoms with Gasteiger partial charge in [0, 0.05) is 13.0 Å². The summed E-state index contributed by atoms with van der Waals surface area (Å²) in [6.07, 6.45) is 6.19. The average molecular weight is 471 g/mol. The van der Waals surface area contributed by atoms with Gasteiger partial charge >= 0.3 is 0 Å². The first kappa shape index (κ1) is 25.9. The molecule has 4 N–H and O–H groups in total. The molecule has 0 saturated heterocycles. The molecule has 3 rings (SSSR count). The Kier molecular flexibility index (Phi) is 9.21. The van der Waals surface area contributed by atoms with Crippen molar-refractivity contribution in [3.8, 4) is 0 Å². The Labute approximate surface area is 200 Å². The fourth-order valence-corrected chi connectivity index (χ4v) is 5.05. The molecule has 1 aromatic heterocycles. The third-order valence-electron chi connectivity index (χ3n) is 6.81. The molecule has 8 heteroatoms. The molecular weight excluding hydrogens is 432 g/mol. The van der Waals surface area contributed by atoms with E-state index >= 15 is 0 Å². The monoisotopic (exact) mass is 470 g/mol. The predicted octanol–water partition coefficient (Wildman–Crippen LogP) is 3.15. The minimum Gasteiger partial charge on any atom is -0.391 e. The highest BCUT2D eigenvalue weighted by Crippen LogP contribution is 2.29. The number of hydrogen-bond donors (Lipinski definition) is 4. The van der Waals surface area contributed by atoms with Gasteiger partial charge in [0.25, 0.3) is 11.5 Å². The van der Waals surface area contributed by atoms with Gasteiger partial charge < -0.3 is 20.7 Å². The van der Waals surface area contributed by atoms with Crippen molar-refractivity contribution in [3.63, 3.8) is 0 Å². The van der Waals surface area contributed by atoms with Gasteiger partial charge in [0.05, 0.1) is 23.2 Å². The van der Waals surface area contributed by atoms with Crippen LogP contribution in [0.2, 0.25) is 0 Å². The number of benzene rings is 1. The average Bonchev–Trinajstić information content (AvgIpc) is 2.82. The van der Waals surface area contributed by atoms with Gasteiger partial charge in [0.1, 0.15) is 0 Å². The molecule has 0 aliphatic heterocycles. The molecule has 0 spiro atoms. The maximum Gasteiger partial charge on any atom is 0.280 e. The number of rotatable bonds is 10. The van der Waals surface area contributed by atoms with Crippen LogP contribution < -0.4 is 16.2 Å². The summed E-state index contributed by atoms with van der Waals surface area (Å²) in [5.74, 6) is -0.385. The number of aromatic amines is 1. The number of aliphatic hydroxyl groups excluding tert-OH is 1. The summed E-state index contributed by atoms with van der Waals surface area (Å²) in [4.78, 5) is 45.1. The zero-order valence-corrected chi connectivity index (χ0v) is 20.5. The number of aliphatic hydroxyl groups is 1. The Morgan fingerprint density at radius 2 is 1.85 bits per heavy atom. The highest BCUT2D eigenvalue weighted by Gasteiger charge is 2.31. The molecule has 2 aromatic rings. The highest BCUT2D eigenvalue weighted by molar-refractivity contribution is 5.93. The number of carbonyl (C=O) groups excluding carboxylic acids is 2. The van der Waals surface area contributed by atoms with Crippen molar-refractivity contribution in [2.75, 3.05) is 7.05 Å². The summed E-state index contributed by atoms with van der Waals surface area (Å²) in [6.45, 7) is 4.09. The van der Waals surface area contributed by atoms with Crippen LogP contribution in [-0.2, 0) is 4.79 Å². The molecule has 0 radical (unpaired) electrons. The number of nitrogens with one attached hydrogen (secondary N) is 3. The predicted molar refractivity (Wildman–Crippen MR) is 132 cm³/mol. The Hall–Kier alpha value is -2.74. The van der Waals surface area contributed by atoms with E-state index in [-0.39, 0.29) is 23.9 Å². The van der Waals surface area contributed by atoms with Gasteiger partial charge in [-0.05, 0) is 43.2 Å². The van der Waals surface area contributed by atoms with Gasteiger partial charge in [-0.25, -0.2) is 4.98 Å². The first-order valence-electron chi connectivity index (χ1n) is 12.5. The van der Waals surface area contributed by atoms with Crippen LogP contribution in [-0.4, -0.2) is 46.1 Å². The zero-order valence-electron chi connectivity index (χ0n) is 20.5. The van der Waals surface area contributed by atoms with Crippen molar-refractivity contribution in [3.05, 3.63) is 40.3 Å². The van der Waals surface area contributed by atoms with E-state index in [9.17, 15) is 19.5 Å². The Balaban J connectivity index is 1.81. The molecule has 0 bridgehead atoms. The molecule has 186 valence electrons. The molecule has 8 nitrogen and oxygen atoms in total. The van der Waals surface area contributed by atoms with E-state index in [0.29, 0.717) is 35.7 Å². The van der Waals surface area contributed by atoms with E-state index in [1.807, 2.05) is 13.8 Å². The lowest BCUT2D eigenvalue weighted by Gasteiger charge is -2.31. The molecular formula is C26H38N4O4. The van der Waals surface area contributed by atoms with Gasteiger partial charge in [-0.1, -0.05) is 58.1 Å². The molecule has 2 amide bonds. The summed E-state index contributed by atoms with van der Waals surface area (Å²) in [6, 6.07) is 6.47. The zero-order chi connectivity index (χ0) is 24.7. The normalized spacial score (nSPS) is 17.3. The maximum atomic E-state index is 13.1. The molecule has 1 saturated carbocycles. The molecule has 1 aromatic carbocycles. The fourth-order valence-electron chi connectivity index (χ4n) is 5.05. The molecule has 2 unspecified atom stereocenters. The standard InChI is InChI=1S/C26H38N4O4/c1-16(2)13-18(24(32)27-3)15-22(31)21(14-17-9-5-4-6-10-17)30-26(34)23-25(33)29-20-12-8-7-11-19(20)28-23/h7-8,11-12,16-18,21-22,31H,4-6,9-10,13-15H2,1-3H3,(H,27,32)(H,29,33)(H,30,34)/t18?,21-,22?/m0/s1. The number of para-hydroxylation sites is 2. The smallest absolute Gasteiger partial charge is 0.280 e. The van der Waals surface area contributed by atoms with Crippen LogP contribution in [0.5, 0.6) is 0 Å². The maximum absolute atomic E-state index is 13.1. The Bertz CT molecular complexity index is 1030. The van der Waals surface area contributed by atoms with Crippen molar-refractivity contribution in [1.29, 1.82) is 0 Å². The molecule has 1 heterocycles. The SMILES string of the molecule is CNC(=O)C(CC(C)C)CC(O)[C@H](CC1CCCCC1)NC(=O)c1nc2ccccc2[nH]c1=O. The Morgan fingerprint density at radius 1 is 1.15 bits per heavy atom. The summed E-state index contributed by atoms with van der Waals surface area (Å²) in [5, 5.41) is 16.8. The van der Waals surface area contributed by atoms with Crippen LogP contribution >= 0.6 is 0 Å². The molecule has 1 fully saturated rings. The number of hydrogen-bond acceptors (Lipinski definition) is 5. The van der Waals surface area contributed by atoms with Crippen LogP contribution in [0.3, 0.4) is 0 Å². The largest absolute Gasteiger partial charge is 0.391 e. The van der Waals surface area contributed by atoms with Crippen LogP contribution in [0.1, 0.15) is 75.7 Å². The van der Waals surface area contributed by atoms with Gasteiger partial charge in [0.2, 0.25) is 5.91 Å². The number of fused-ring (bicyclic) bond motifs is 1. The number of H-pyrrole nitrogens is 1. The third-order valence-corrected chi connectivity index (χ3v) is 6.81. The van der Waals surface area contributed by atoms with Gasteiger partial charge in [-0.15, -0.1) is 0 Å². The van der Waals surface area contributed by atoms with Gasteiger partial charge in [-0.3, -0.25) is 14.4 Å². The summed E-state index contributed by atoms with van der Waals surface area (Å²) >= 11 is 0.